The summed E-state index contributed by atoms with van der Waals surface area (Å²) in [7, 11) is 3.16. The van der Waals surface area contributed by atoms with Gasteiger partial charge in [0, 0.05) is 10.4 Å². The summed E-state index contributed by atoms with van der Waals surface area (Å²) >= 11 is 1.39. The summed E-state index contributed by atoms with van der Waals surface area (Å²) in [6.45, 7) is 2.13. The minimum Gasteiger partial charge on any atom is -0.493 e. The minimum absolute atomic E-state index is 0.154. The fourth-order valence-electron chi connectivity index (χ4n) is 2.68. The van der Waals surface area contributed by atoms with Crippen LogP contribution in [0.4, 0.5) is 9.52 Å². The Hall–Kier alpha value is -3.13. The van der Waals surface area contributed by atoms with Gasteiger partial charge in [-0.2, -0.15) is 0 Å². The van der Waals surface area contributed by atoms with E-state index in [0.717, 1.165) is 16.1 Å². The van der Waals surface area contributed by atoms with E-state index >= 15 is 0 Å². The molecule has 1 aromatic heterocycles. The lowest BCUT2D eigenvalue weighted by atomic mass is 10.1. The van der Waals surface area contributed by atoms with Crippen LogP contribution >= 0.6 is 11.3 Å². The number of benzene rings is 2. The molecule has 0 aliphatic carbocycles. The molecule has 1 N–H and O–H groups in total. The first-order valence-corrected chi connectivity index (χ1v) is 9.70. The Morgan fingerprint density at radius 1 is 1.10 bits per heavy atom. The summed E-state index contributed by atoms with van der Waals surface area (Å²) in [5.74, 6) is 1.22. The number of nitrogens with one attached hydrogen (secondary N) is 1. The number of anilines is 1. The van der Waals surface area contributed by atoms with Gasteiger partial charge in [0.25, 0.3) is 0 Å². The lowest BCUT2D eigenvalue weighted by Crippen LogP contribution is -2.15. The van der Waals surface area contributed by atoms with Crippen molar-refractivity contribution in [1.29, 1.82) is 0 Å². The number of hydrogen-bond donors (Lipinski definition) is 1. The van der Waals surface area contributed by atoms with Crippen LogP contribution in [0.2, 0.25) is 0 Å². The van der Waals surface area contributed by atoms with Crippen molar-refractivity contribution in [2.24, 2.45) is 0 Å². The van der Waals surface area contributed by atoms with Crippen molar-refractivity contribution in [3.8, 4) is 28.5 Å². The van der Waals surface area contributed by atoms with Gasteiger partial charge in [-0.15, -0.1) is 11.3 Å². The Morgan fingerprint density at radius 2 is 1.83 bits per heavy atom. The lowest BCUT2D eigenvalue weighted by molar-refractivity contribution is -0.116. The lowest BCUT2D eigenvalue weighted by Gasteiger charge is -2.08. The molecule has 0 radical (unpaired) electrons. The number of ether oxygens (including phenoxy) is 3. The van der Waals surface area contributed by atoms with Gasteiger partial charge in [0.1, 0.15) is 11.6 Å². The molecule has 0 unspecified atom stereocenters. The van der Waals surface area contributed by atoms with E-state index in [1.165, 1.54) is 35.6 Å². The van der Waals surface area contributed by atoms with E-state index in [4.69, 9.17) is 14.2 Å². The molecule has 0 saturated heterocycles. The molecule has 0 bridgehead atoms. The number of carbonyl (C=O) groups excluding carboxylic acids is 1. The normalized spacial score (nSPS) is 10.5. The summed E-state index contributed by atoms with van der Waals surface area (Å²) in [5.41, 5.74) is 1.64. The molecule has 8 heteroatoms. The fraction of sp³-hybridized carbons (Fsp3) is 0.238. The van der Waals surface area contributed by atoms with Gasteiger partial charge >= 0.3 is 0 Å². The van der Waals surface area contributed by atoms with E-state index in [-0.39, 0.29) is 24.8 Å². The molecule has 29 heavy (non-hydrogen) atoms. The Morgan fingerprint density at radius 3 is 2.52 bits per heavy atom. The van der Waals surface area contributed by atoms with E-state index in [2.05, 4.69) is 10.3 Å². The van der Waals surface area contributed by atoms with Crippen LogP contribution in [0.25, 0.3) is 11.3 Å². The van der Waals surface area contributed by atoms with Crippen molar-refractivity contribution in [3.05, 3.63) is 53.2 Å². The van der Waals surface area contributed by atoms with Crippen LogP contribution in [0.1, 0.15) is 11.3 Å². The van der Waals surface area contributed by atoms with Crippen molar-refractivity contribution in [3.63, 3.8) is 0 Å². The summed E-state index contributed by atoms with van der Waals surface area (Å²) in [6, 6.07) is 11.2. The number of thiazole rings is 1. The third-order valence-corrected chi connectivity index (χ3v) is 5.00. The SMILES string of the molecule is COc1ccc(-c2nc(NC(=O)CCOc3ccc(F)cc3)sc2C)cc1OC. The smallest absolute Gasteiger partial charge is 0.229 e. The number of carbonyl (C=O) groups is 1. The highest BCUT2D eigenvalue weighted by Crippen LogP contribution is 2.36. The molecule has 0 aliphatic heterocycles. The zero-order chi connectivity index (χ0) is 20.8. The number of nitrogens with zero attached hydrogens (tertiary/aromatic N) is 1. The maximum absolute atomic E-state index is 12.9. The molecule has 6 nitrogen and oxygen atoms in total. The standard InChI is InChI=1S/C21H21FN2O4S/c1-13-20(14-4-9-17(26-2)18(12-14)27-3)24-21(29-13)23-19(25)10-11-28-16-7-5-15(22)6-8-16/h4-9,12H,10-11H2,1-3H3,(H,23,24,25). The quantitative estimate of drug-likeness (QED) is 0.577. The highest BCUT2D eigenvalue weighted by molar-refractivity contribution is 7.16. The van der Waals surface area contributed by atoms with Crippen LogP contribution in [0, 0.1) is 12.7 Å². The second kappa shape index (κ2) is 9.38. The third kappa shape index (κ3) is 5.23. The van der Waals surface area contributed by atoms with Crippen molar-refractivity contribution in [1.82, 2.24) is 4.98 Å². The highest BCUT2D eigenvalue weighted by Gasteiger charge is 2.14. The first kappa shape index (κ1) is 20.6. The largest absolute Gasteiger partial charge is 0.493 e. The maximum Gasteiger partial charge on any atom is 0.229 e. The predicted molar refractivity (Wildman–Crippen MR) is 111 cm³/mol. The van der Waals surface area contributed by atoms with Gasteiger partial charge in [-0.3, -0.25) is 4.79 Å². The van der Waals surface area contributed by atoms with Gasteiger partial charge in [-0.1, -0.05) is 0 Å². The average molecular weight is 416 g/mol. The van der Waals surface area contributed by atoms with Crippen LogP contribution in [-0.4, -0.2) is 31.7 Å². The average Bonchev–Trinajstić information content (AvgIpc) is 3.08. The van der Waals surface area contributed by atoms with Crippen LogP contribution in [0.5, 0.6) is 17.2 Å². The highest BCUT2D eigenvalue weighted by atomic mass is 32.1. The Balaban J connectivity index is 1.61. The molecule has 3 aromatic rings. The van der Waals surface area contributed by atoms with Crippen LogP contribution in [0.3, 0.4) is 0 Å². The molecule has 0 atom stereocenters. The second-order valence-electron chi connectivity index (χ2n) is 6.09. The first-order valence-electron chi connectivity index (χ1n) is 8.88. The molecule has 0 spiro atoms. The van der Waals surface area contributed by atoms with E-state index in [0.29, 0.717) is 22.4 Å². The van der Waals surface area contributed by atoms with Crippen LogP contribution in [0.15, 0.2) is 42.5 Å². The molecule has 3 rings (SSSR count). The predicted octanol–water partition coefficient (Wildman–Crippen LogP) is 4.68. The molecule has 2 aromatic carbocycles. The van der Waals surface area contributed by atoms with Gasteiger partial charge in [0.05, 0.1) is 32.9 Å². The van der Waals surface area contributed by atoms with E-state index in [1.807, 2.05) is 25.1 Å². The number of halogens is 1. The van der Waals surface area contributed by atoms with Gasteiger partial charge in [-0.05, 0) is 49.4 Å². The second-order valence-corrected chi connectivity index (χ2v) is 7.30. The van der Waals surface area contributed by atoms with Crippen molar-refractivity contribution in [2.45, 2.75) is 13.3 Å². The Kier molecular flexibility index (Phi) is 6.66. The number of rotatable bonds is 8. The molecule has 1 amide bonds. The van der Waals surface area contributed by atoms with Crippen LogP contribution in [-0.2, 0) is 4.79 Å². The number of aromatic nitrogens is 1. The maximum atomic E-state index is 12.9. The molecule has 152 valence electrons. The summed E-state index contributed by atoms with van der Waals surface area (Å²) in [5, 5.41) is 3.31. The zero-order valence-electron chi connectivity index (χ0n) is 16.3. The van der Waals surface area contributed by atoms with Gasteiger partial charge in [0.15, 0.2) is 16.6 Å². The Labute approximate surface area is 172 Å². The molecule has 0 aliphatic rings. The van der Waals surface area contributed by atoms with Gasteiger partial charge < -0.3 is 19.5 Å². The summed E-state index contributed by atoms with van der Waals surface area (Å²) in [4.78, 5) is 17.7. The number of hydrogen-bond acceptors (Lipinski definition) is 6. The van der Waals surface area contributed by atoms with E-state index < -0.39 is 0 Å². The van der Waals surface area contributed by atoms with Crippen molar-refractivity contribution < 1.29 is 23.4 Å². The molecule has 0 fully saturated rings. The molecular weight excluding hydrogens is 395 g/mol. The van der Waals surface area contributed by atoms with Gasteiger partial charge in [0.2, 0.25) is 5.91 Å². The Bertz CT molecular complexity index is 989. The van der Waals surface area contributed by atoms with Gasteiger partial charge in [-0.25, -0.2) is 9.37 Å². The van der Waals surface area contributed by atoms with Crippen molar-refractivity contribution in [2.75, 3.05) is 26.1 Å². The fourth-order valence-corrected chi connectivity index (χ4v) is 3.53. The van der Waals surface area contributed by atoms with Crippen molar-refractivity contribution >= 4 is 22.4 Å². The summed E-state index contributed by atoms with van der Waals surface area (Å²) in [6.07, 6.45) is 0.154. The zero-order valence-corrected chi connectivity index (χ0v) is 17.1. The first-order chi connectivity index (χ1) is 14.0. The molecule has 0 saturated carbocycles. The summed E-state index contributed by atoms with van der Waals surface area (Å²) < 4.78 is 28.9. The van der Waals surface area contributed by atoms with E-state index in [1.54, 1.807) is 14.2 Å². The number of amides is 1. The molecular formula is C21H21FN2O4S. The van der Waals surface area contributed by atoms with E-state index in [9.17, 15) is 9.18 Å². The number of methoxy groups -OCH3 is 2. The monoisotopic (exact) mass is 416 g/mol. The third-order valence-electron chi connectivity index (χ3n) is 4.11. The molecule has 1 heterocycles. The van der Waals surface area contributed by atoms with Crippen LogP contribution < -0.4 is 19.5 Å². The number of aryl methyl sites for hydroxylation is 1. The minimum atomic E-state index is -0.334. The topological polar surface area (TPSA) is 69.7 Å².